The number of nitrogens with one attached hydrogen (secondary N) is 1. The molecular weight excluding hydrogens is 224 g/mol. The molecule has 1 N–H and O–H groups in total. The fraction of sp³-hybridized carbons (Fsp3) is 0.400. The van der Waals surface area contributed by atoms with Gasteiger partial charge in [-0.2, -0.15) is 0 Å². The van der Waals surface area contributed by atoms with Gasteiger partial charge in [-0.25, -0.2) is 0 Å². The fourth-order valence-electron chi connectivity index (χ4n) is 2.24. The average Bonchev–Trinajstić information content (AvgIpc) is 2.43. The van der Waals surface area contributed by atoms with Crippen LogP contribution in [0.2, 0.25) is 0 Å². The lowest BCUT2D eigenvalue weighted by Crippen LogP contribution is -2.18. The van der Waals surface area contributed by atoms with Crippen LogP contribution in [0.25, 0.3) is 10.8 Å². The minimum atomic E-state index is 0.310. The van der Waals surface area contributed by atoms with Gasteiger partial charge < -0.3 is 10.1 Å². The highest BCUT2D eigenvalue weighted by Gasteiger charge is 2.12. The van der Waals surface area contributed by atoms with E-state index in [1.54, 1.807) is 0 Å². The summed E-state index contributed by atoms with van der Waals surface area (Å²) in [7, 11) is 1.99. The number of hydrogen-bond donors (Lipinski definition) is 1. The topological polar surface area (TPSA) is 34.1 Å². The summed E-state index contributed by atoms with van der Waals surface area (Å²) in [5, 5.41) is 5.82. The first-order chi connectivity index (χ1) is 8.86. The normalized spacial score (nSPS) is 12.8. The smallest absolute Gasteiger partial charge is 0.0484 e. The molecule has 3 heteroatoms. The first-order valence-corrected chi connectivity index (χ1v) is 6.44. The number of nitrogens with zero attached hydrogens (tertiary/aromatic N) is 1. The second kappa shape index (κ2) is 6.47. The molecule has 1 unspecified atom stereocenters. The van der Waals surface area contributed by atoms with Gasteiger partial charge in [0.05, 0.1) is 0 Å². The molecular formula is C15H20N2O. The first-order valence-electron chi connectivity index (χ1n) is 6.44. The third-order valence-electron chi connectivity index (χ3n) is 3.20. The number of aromatic nitrogens is 1. The molecule has 0 spiro atoms. The number of hydrogen-bond acceptors (Lipinski definition) is 3. The molecule has 2 rings (SSSR count). The fourth-order valence-corrected chi connectivity index (χ4v) is 2.24. The second-order valence-corrected chi connectivity index (χ2v) is 4.27. The molecule has 0 bridgehead atoms. The summed E-state index contributed by atoms with van der Waals surface area (Å²) < 4.78 is 5.44. The minimum Gasteiger partial charge on any atom is -0.382 e. The molecule has 0 saturated carbocycles. The van der Waals surface area contributed by atoms with Crippen LogP contribution in [0.4, 0.5) is 0 Å². The van der Waals surface area contributed by atoms with Crippen molar-refractivity contribution in [3.8, 4) is 0 Å². The van der Waals surface area contributed by atoms with Gasteiger partial charge >= 0.3 is 0 Å². The number of fused-ring (bicyclic) bond motifs is 1. The molecule has 0 aliphatic heterocycles. The van der Waals surface area contributed by atoms with Crippen molar-refractivity contribution in [2.24, 2.45) is 0 Å². The van der Waals surface area contributed by atoms with Crippen molar-refractivity contribution in [2.75, 3.05) is 20.3 Å². The lowest BCUT2D eigenvalue weighted by Gasteiger charge is -2.18. The van der Waals surface area contributed by atoms with Crippen molar-refractivity contribution in [1.82, 2.24) is 10.3 Å². The van der Waals surface area contributed by atoms with Crippen LogP contribution in [0.3, 0.4) is 0 Å². The summed E-state index contributed by atoms with van der Waals surface area (Å²) in [6.45, 7) is 3.57. The molecule has 1 heterocycles. The largest absolute Gasteiger partial charge is 0.382 e. The molecule has 0 amide bonds. The van der Waals surface area contributed by atoms with Gasteiger partial charge in [-0.1, -0.05) is 18.2 Å². The Bertz CT molecular complexity index is 493. The lowest BCUT2D eigenvalue weighted by atomic mass is 9.98. The van der Waals surface area contributed by atoms with Crippen molar-refractivity contribution in [3.05, 3.63) is 42.2 Å². The van der Waals surface area contributed by atoms with Gasteiger partial charge in [0, 0.05) is 37.0 Å². The Morgan fingerprint density at radius 3 is 3.00 bits per heavy atom. The quantitative estimate of drug-likeness (QED) is 0.793. The Kier molecular flexibility index (Phi) is 4.67. The third kappa shape index (κ3) is 2.86. The van der Waals surface area contributed by atoms with Gasteiger partial charge in [0.2, 0.25) is 0 Å². The van der Waals surface area contributed by atoms with Crippen molar-refractivity contribution >= 4 is 10.8 Å². The summed E-state index contributed by atoms with van der Waals surface area (Å²) in [5.74, 6) is 0. The maximum atomic E-state index is 5.44. The molecule has 0 aliphatic rings. The van der Waals surface area contributed by atoms with Crippen molar-refractivity contribution in [1.29, 1.82) is 0 Å². The van der Waals surface area contributed by atoms with Gasteiger partial charge in [-0.15, -0.1) is 0 Å². The van der Waals surface area contributed by atoms with Gasteiger partial charge in [0.25, 0.3) is 0 Å². The number of pyridine rings is 1. The maximum Gasteiger partial charge on any atom is 0.0484 e. The predicted molar refractivity (Wildman–Crippen MR) is 74.7 cm³/mol. The van der Waals surface area contributed by atoms with E-state index in [2.05, 4.69) is 28.5 Å². The number of benzene rings is 1. The van der Waals surface area contributed by atoms with Gasteiger partial charge in [-0.3, -0.25) is 4.98 Å². The van der Waals surface area contributed by atoms with Gasteiger partial charge in [0.15, 0.2) is 0 Å². The zero-order chi connectivity index (χ0) is 12.8. The summed E-state index contributed by atoms with van der Waals surface area (Å²) in [6, 6.07) is 8.74. The Labute approximate surface area is 108 Å². The summed E-state index contributed by atoms with van der Waals surface area (Å²) in [4.78, 5) is 4.23. The Hall–Kier alpha value is -1.45. The van der Waals surface area contributed by atoms with Crippen LogP contribution in [-0.2, 0) is 4.74 Å². The van der Waals surface area contributed by atoms with Gasteiger partial charge in [-0.05, 0) is 37.4 Å². The molecule has 2 aromatic rings. The van der Waals surface area contributed by atoms with E-state index < -0.39 is 0 Å². The number of ether oxygens (including phenoxy) is 1. The summed E-state index contributed by atoms with van der Waals surface area (Å²) in [6.07, 6.45) is 4.74. The zero-order valence-corrected chi connectivity index (χ0v) is 11.0. The van der Waals surface area contributed by atoms with Crippen LogP contribution in [0, 0.1) is 0 Å². The van der Waals surface area contributed by atoms with Crippen LogP contribution in [0.15, 0.2) is 36.7 Å². The van der Waals surface area contributed by atoms with E-state index in [0.29, 0.717) is 6.04 Å². The van der Waals surface area contributed by atoms with Crippen LogP contribution in [0.1, 0.15) is 24.9 Å². The van der Waals surface area contributed by atoms with E-state index in [4.69, 9.17) is 4.74 Å². The van der Waals surface area contributed by atoms with E-state index in [1.165, 1.54) is 16.3 Å². The monoisotopic (exact) mass is 244 g/mol. The molecule has 1 atom stereocenters. The van der Waals surface area contributed by atoms with Crippen LogP contribution in [-0.4, -0.2) is 25.2 Å². The van der Waals surface area contributed by atoms with Crippen molar-refractivity contribution < 1.29 is 4.74 Å². The summed E-state index contributed by atoms with van der Waals surface area (Å²) >= 11 is 0. The lowest BCUT2D eigenvalue weighted by molar-refractivity contribution is 0.137. The first kappa shape index (κ1) is 13.0. The van der Waals surface area contributed by atoms with Crippen molar-refractivity contribution in [3.63, 3.8) is 0 Å². The van der Waals surface area contributed by atoms with E-state index >= 15 is 0 Å². The average molecular weight is 244 g/mol. The van der Waals surface area contributed by atoms with E-state index in [-0.39, 0.29) is 0 Å². The zero-order valence-electron chi connectivity index (χ0n) is 11.0. The molecule has 96 valence electrons. The van der Waals surface area contributed by atoms with Gasteiger partial charge in [0.1, 0.15) is 0 Å². The molecule has 0 radical (unpaired) electrons. The van der Waals surface area contributed by atoms with E-state index in [1.807, 2.05) is 32.4 Å². The van der Waals surface area contributed by atoms with E-state index in [0.717, 1.165) is 19.6 Å². The molecule has 18 heavy (non-hydrogen) atoms. The molecule has 0 saturated heterocycles. The Balaban J connectivity index is 2.27. The molecule has 0 fully saturated rings. The standard InChI is InChI=1S/C15H20N2O/c1-3-18-10-8-15(16-2)13-6-4-5-12-7-9-17-11-14(12)13/h4-7,9,11,15-16H,3,8,10H2,1-2H3. The Morgan fingerprint density at radius 2 is 2.22 bits per heavy atom. The highest BCUT2D eigenvalue weighted by Crippen LogP contribution is 2.25. The maximum absolute atomic E-state index is 5.44. The third-order valence-corrected chi connectivity index (χ3v) is 3.20. The molecule has 0 aliphatic carbocycles. The highest BCUT2D eigenvalue weighted by molar-refractivity contribution is 5.85. The second-order valence-electron chi connectivity index (χ2n) is 4.27. The summed E-state index contributed by atoms with van der Waals surface area (Å²) in [5.41, 5.74) is 1.29. The van der Waals surface area contributed by atoms with Crippen LogP contribution >= 0.6 is 0 Å². The van der Waals surface area contributed by atoms with Crippen LogP contribution < -0.4 is 5.32 Å². The van der Waals surface area contributed by atoms with E-state index in [9.17, 15) is 0 Å². The van der Waals surface area contributed by atoms with Crippen molar-refractivity contribution in [2.45, 2.75) is 19.4 Å². The number of rotatable bonds is 6. The molecule has 1 aromatic heterocycles. The molecule has 1 aromatic carbocycles. The van der Waals surface area contributed by atoms with Crippen LogP contribution in [0.5, 0.6) is 0 Å². The SMILES string of the molecule is CCOCCC(NC)c1cccc2ccncc12. The highest BCUT2D eigenvalue weighted by atomic mass is 16.5. The predicted octanol–water partition coefficient (Wildman–Crippen LogP) is 2.92. The Morgan fingerprint density at radius 1 is 1.33 bits per heavy atom. The minimum absolute atomic E-state index is 0.310. The molecule has 3 nitrogen and oxygen atoms in total.